The molecule has 1 heterocycles. The van der Waals surface area contributed by atoms with E-state index in [0.29, 0.717) is 12.2 Å². The number of hydrogen-bond donors (Lipinski definition) is 3. The first-order chi connectivity index (χ1) is 15.8. The second-order valence-electron chi connectivity index (χ2n) is 7.57. The normalized spacial score (nSPS) is 21.1. The molecule has 0 bridgehead atoms. The molecule has 0 aromatic heterocycles. The average Bonchev–Trinajstić information content (AvgIpc) is 2.82. The Balaban J connectivity index is 1.70. The van der Waals surface area contributed by atoms with Crippen molar-refractivity contribution in [3.05, 3.63) is 70.8 Å². The summed E-state index contributed by atoms with van der Waals surface area (Å²) in [6, 6.07) is 15.2. The van der Waals surface area contributed by atoms with E-state index >= 15 is 0 Å². The van der Waals surface area contributed by atoms with Gasteiger partial charge in [-0.1, -0.05) is 83.3 Å². The summed E-state index contributed by atoms with van der Waals surface area (Å²) in [6.07, 6.45) is -0.0921. The molecule has 3 atom stereocenters. The first-order valence-electron chi connectivity index (χ1n) is 10.4. The second-order valence-corrected chi connectivity index (χ2v) is 11.0. The fourth-order valence-corrected chi connectivity index (χ4v) is 4.35. The third kappa shape index (κ3) is 8.01. The van der Waals surface area contributed by atoms with Crippen LogP contribution in [0.4, 0.5) is 0 Å². The average molecular weight is 535 g/mol. The number of ether oxygens (including phenoxy) is 2. The maximum atomic E-state index is 11.7. The molecule has 1 aliphatic heterocycles. The standard InChI is InChI=1S/C23H26Cl3NO5S/c24-23(25,26)22(30)27-12-15-1-7-18(8-2-15)21-31-19(14-33-10-9-28)11-20(32-21)17-5-3-16(13-29)4-6-17/h1-8,19-21,28-29H,9-14H2,(H,27,30). The molecule has 1 saturated heterocycles. The van der Waals surface area contributed by atoms with Gasteiger partial charge in [0.25, 0.3) is 9.70 Å². The highest BCUT2D eigenvalue weighted by Gasteiger charge is 2.32. The topological polar surface area (TPSA) is 88.0 Å². The zero-order chi connectivity index (χ0) is 23.8. The Hall–Kier alpha value is -1.03. The molecular formula is C23H26Cl3NO5S. The first-order valence-corrected chi connectivity index (χ1v) is 12.7. The zero-order valence-electron chi connectivity index (χ0n) is 17.8. The summed E-state index contributed by atoms with van der Waals surface area (Å²) in [5, 5.41) is 21.0. The Labute approximate surface area is 212 Å². The monoisotopic (exact) mass is 533 g/mol. The van der Waals surface area contributed by atoms with Crippen molar-refractivity contribution in [3.8, 4) is 0 Å². The van der Waals surface area contributed by atoms with Crippen LogP contribution in [-0.2, 0) is 27.4 Å². The molecule has 10 heteroatoms. The van der Waals surface area contributed by atoms with Gasteiger partial charge in [-0.05, 0) is 16.7 Å². The molecule has 2 aromatic rings. The van der Waals surface area contributed by atoms with Gasteiger partial charge in [-0.15, -0.1) is 0 Å². The van der Waals surface area contributed by atoms with Crippen molar-refractivity contribution in [3.63, 3.8) is 0 Å². The van der Waals surface area contributed by atoms with Crippen molar-refractivity contribution >= 4 is 52.5 Å². The van der Waals surface area contributed by atoms with Crippen LogP contribution in [0, 0.1) is 0 Å². The highest BCUT2D eigenvalue weighted by atomic mass is 35.6. The van der Waals surface area contributed by atoms with E-state index in [-0.39, 0.29) is 32.0 Å². The van der Waals surface area contributed by atoms with Crippen molar-refractivity contribution in [2.75, 3.05) is 18.1 Å². The Bertz CT molecular complexity index is 892. The number of rotatable bonds is 9. The Morgan fingerprint density at radius 3 is 2.24 bits per heavy atom. The molecule has 180 valence electrons. The maximum Gasteiger partial charge on any atom is 0.272 e. The Morgan fingerprint density at radius 2 is 1.64 bits per heavy atom. The fourth-order valence-electron chi connectivity index (χ4n) is 3.38. The van der Waals surface area contributed by atoms with Gasteiger partial charge in [0.15, 0.2) is 6.29 Å². The Morgan fingerprint density at radius 1 is 1.00 bits per heavy atom. The van der Waals surface area contributed by atoms with E-state index < -0.39 is 16.0 Å². The minimum atomic E-state index is -2.00. The van der Waals surface area contributed by atoms with Crippen LogP contribution in [-0.4, -0.2) is 44.1 Å². The van der Waals surface area contributed by atoms with Gasteiger partial charge < -0.3 is 25.0 Å². The molecule has 3 N–H and O–H groups in total. The summed E-state index contributed by atoms with van der Waals surface area (Å²) in [5.74, 6) is 0.705. The lowest BCUT2D eigenvalue weighted by Gasteiger charge is -2.36. The number of thioether (sulfide) groups is 1. The second kappa shape index (κ2) is 12.6. The molecule has 3 unspecified atom stereocenters. The lowest BCUT2D eigenvalue weighted by Crippen LogP contribution is -2.34. The minimum Gasteiger partial charge on any atom is -0.396 e. The molecule has 0 aliphatic carbocycles. The van der Waals surface area contributed by atoms with Gasteiger partial charge in [-0.25, -0.2) is 0 Å². The number of halogens is 3. The van der Waals surface area contributed by atoms with Gasteiger partial charge >= 0.3 is 0 Å². The van der Waals surface area contributed by atoms with Crippen molar-refractivity contribution in [2.45, 2.75) is 41.9 Å². The number of carbonyl (C=O) groups excluding carboxylic acids is 1. The predicted octanol–water partition coefficient (Wildman–Crippen LogP) is 4.44. The highest BCUT2D eigenvalue weighted by molar-refractivity contribution is 7.99. The van der Waals surface area contributed by atoms with Gasteiger partial charge in [-0.3, -0.25) is 4.79 Å². The molecule has 0 saturated carbocycles. The molecule has 33 heavy (non-hydrogen) atoms. The lowest BCUT2D eigenvalue weighted by molar-refractivity contribution is -0.245. The zero-order valence-corrected chi connectivity index (χ0v) is 20.8. The van der Waals surface area contributed by atoms with E-state index in [1.165, 1.54) is 0 Å². The van der Waals surface area contributed by atoms with Crippen molar-refractivity contribution in [1.29, 1.82) is 0 Å². The highest BCUT2D eigenvalue weighted by Crippen LogP contribution is 2.38. The summed E-state index contributed by atoms with van der Waals surface area (Å²) in [5.41, 5.74) is 3.54. The summed E-state index contributed by atoms with van der Waals surface area (Å²) >= 11 is 18.4. The molecule has 1 fully saturated rings. The number of nitrogens with one attached hydrogen (secondary N) is 1. The molecule has 6 nitrogen and oxygen atoms in total. The molecule has 1 aliphatic rings. The smallest absolute Gasteiger partial charge is 0.272 e. The summed E-state index contributed by atoms with van der Waals surface area (Å²) in [4.78, 5) is 11.7. The van der Waals surface area contributed by atoms with Crippen molar-refractivity contribution in [1.82, 2.24) is 5.32 Å². The summed E-state index contributed by atoms with van der Waals surface area (Å²) in [7, 11) is 0. The quantitative estimate of drug-likeness (QED) is 0.326. The number of hydrogen-bond acceptors (Lipinski definition) is 6. The third-order valence-electron chi connectivity index (χ3n) is 5.12. The van der Waals surface area contributed by atoms with E-state index in [4.69, 9.17) is 49.4 Å². The third-order valence-corrected chi connectivity index (χ3v) is 6.71. The minimum absolute atomic E-state index is 0.00751. The van der Waals surface area contributed by atoms with Crippen LogP contribution < -0.4 is 5.32 Å². The fraction of sp³-hybridized carbons (Fsp3) is 0.435. The molecule has 0 radical (unpaired) electrons. The van der Waals surface area contributed by atoms with Crippen LogP contribution in [0.3, 0.4) is 0 Å². The molecule has 3 rings (SSSR count). The van der Waals surface area contributed by atoms with E-state index in [1.807, 2.05) is 48.5 Å². The number of alkyl halides is 3. The van der Waals surface area contributed by atoms with Crippen LogP contribution in [0.1, 0.15) is 41.1 Å². The number of carbonyl (C=O) groups is 1. The molecular weight excluding hydrogens is 509 g/mol. The van der Waals surface area contributed by atoms with E-state index in [0.717, 1.165) is 28.0 Å². The van der Waals surface area contributed by atoms with Crippen molar-refractivity contribution in [2.24, 2.45) is 0 Å². The number of benzene rings is 2. The van der Waals surface area contributed by atoms with Gasteiger partial charge in [0.05, 0.1) is 25.4 Å². The van der Waals surface area contributed by atoms with E-state index in [9.17, 15) is 9.90 Å². The van der Waals surface area contributed by atoms with Crippen LogP contribution in [0.25, 0.3) is 0 Å². The number of aliphatic hydroxyl groups is 2. The molecule has 0 spiro atoms. The van der Waals surface area contributed by atoms with Gasteiger partial charge in [0.1, 0.15) is 0 Å². The molecule has 1 amide bonds. The van der Waals surface area contributed by atoms with Gasteiger partial charge in [-0.2, -0.15) is 11.8 Å². The van der Waals surface area contributed by atoms with Crippen LogP contribution in [0.2, 0.25) is 0 Å². The Kier molecular flexibility index (Phi) is 10.2. The largest absolute Gasteiger partial charge is 0.396 e. The summed E-state index contributed by atoms with van der Waals surface area (Å²) in [6.45, 7) is 0.339. The predicted molar refractivity (Wildman–Crippen MR) is 131 cm³/mol. The number of amides is 1. The first kappa shape index (κ1) is 26.6. The van der Waals surface area contributed by atoms with Crippen LogP contribution in [0.15, 0.2) is 48.5 Å². The van der Waals surface area contributed by atoms with Crippen molar-refractivity contribution < 1.29 is 24.5 Å². The van der Waals surface area contributed by atoms with E-state index in [1.54, 1.807) is 11.8 Å². The molecule has 2 aromatic carbocycles. The van der Waals surface area contributed by atoms with Gasteiger partial charge in [0, 0.05) is 30.0 Å². The van der Waals surface area contributed by atoms with Crippen LogP contribution in [0.5, 0.6) is 0 Å². The van der Waals surface area contributed by atoms with Crippen LogP contribution >= 0.6 is 46.6 Å². The number of aliphatic hydroxyl groups excluding tert-OH is 2. The maximum absolute atomic E-state index is 11.7. The lowest BCUT2D eigenvalue weighted by atomic mass is 10.0. The van der Waals surface area contributed by atoms with Gasteiger partial charge in [0.2, 0.25) is 0 Å². The summed E-state index contributed by atoms with van der Waals surface area (Å²) < 4.78 is 10.5. The van der Waals surface area contributed by atoms with E-state index in [2.05, 4.69) is 5.32 Å². The SMILES string of the molecule is O=C(NCc1ccc(C2OC(CSCCO)CC(c3ccc(CO)cc3)O2)cc1)C(Cl)(Cl)Cl.